The molecule has 1 atom stereocenters. The number of ketones is 1. The average Bonchev–Trinajstić information content (AvgIpc) is 2.27. The number of benzene rings is 1. The van der Waals surface area contributed by atoms with Gasteiger partial charge in [-0.1, -0.05) is 5.18 Å². The third kappa shape index (κ3) is 2.98. The molecule has 84 valence electrons. The minimum atomic E-state index is -0.883. The number of Topliss-reactive ketones (excluding diaryl/α,β-unsaturated/α-hetero) is 1. The van der Waals surface area contributed by atoms with Crippen molar-refractivity contribution in [1.29, 1.82) is 0 Å². The van der Waals surface area contributed by atoms with Gasteiger partial charge in [-0.15, -0.1) is 0 Å². The molecule has 5 heteroatoms. The highest BCUT2D eigenvalue weighted by atomic mass is 16.3. The normalized spacial score (nSPS) is 11.6. The summed E-state index contributed by atoms with van der Waals surface area (Å²) in [7, 11) is 0. The van der Waals surface area contributed by atoms with Crippen molar-refractivity contribution in [2.45, 2.75) is 19.9 Å². The summed E-state index contributed by atoms with van der Waals surface area (Å²) in [5.41, 5.74) is 1.01. The summed E-state index contributed by atoms with van der Waals surface area (Å²) in [5.74, 6) is -0.508. The van der Waals surface area contributed by atoms with Crippen molar-refractivity contribution in [2.24, 2.45) is 5.18 Å². The Morgan fingerprint density at radius 3 is 2.25 bits per heavy atom. The van der Waals surface area contributed by atoms with E-state index in [0.29, 0.717) is 11.3 Å². The lowest BCUT2D eigenvalue weighted by Gasteiger charge is -2.04. The smallest absolute Gasteiger partial charge is 0.221 e. The number of nitrogens with one attached hydrogen (secondary N) is 1. The van der Waals surface area contributed by atoms with Crippen LogP contribution in [0.1, 0.15) is 24.2 Å². The van der Waals surface area contributed by atoms with Gasteiger partial charge in [0.2, 0.25) is 5.91 Å². The predicted octanol–water partition coefficient (Wildman–Crippen LogP) is 1.98. The highest BCUT2D eigenvalue weighted by Crippen LogP contribution is 2.12. The molecule has 0 bridgehead atoms. The first-order valence-electron chi connectivity index (χ1n) is 4.79. The molecular weight excluding hydrogens is 208 g/mol. The van der Waals surface area contributed by atoms with Crippen molar-refractivity contribution in [2.75, 3.05) is 5.32 Å². The van der Waals surface area contributed by atoms with E-state index in [1.54, 1.807) is 24.3 Å². The van der Waals surface area contributed by atoms with Gasteiger partial charge in [-0.05, 0) is 31.2 Å². The minimum Gasteiger partial charge on any atom is -0.326 e. The number of hydrogen-bond acceptors (Lipinski definition) is 4. The Labute approximate surface area is 92.8 Å². The summed E-state index contributed by atoms with van der Waals surface area (Å²) >= 11 is 0. The van der Waals surface area contributed by atoms with E-state index in [1.165, 1.54) is 13.8 Å². The molecule has 0 saturated heterocycles. The second-order valence-corrected chi connectivity index (χ2v) is 3.40. The minimum absolute atomic E-state index is 0.179. The first kappa shape index (κ1) is 12.0. The molecule has 16 heavy (non-hydrogen) atoms. The van der Waals surface area contributed by atoms with Crippen LogP contribution in [0.15, 0.2) is 29.4 Å². The van der Waals surface area contributed by atoms with Gasteiger partial charge >= 0.3 is 0 Å². The van der Waals surface area contributed by atoms with Gasteiger partial charge in [0.15, 0.2) is 11.8 Å². The molecule has 0 aliphatic heterocycles. The summed E-state index contributed by atoms with van der Waals surface area (Å²) in [6.45, 7) is 2.84. The van der Waals surface area contributed by atoms with Crippen LogP contribution in [0.2, 0.25) is 0 Å². The van der Waals surface area contributed by atoms with Gasteiger partial charge in [0, 0.05) is 18.2 Å². The van der Waals surface area contributed by atoms with Crippen LogP contribution >= 0.6 is 0 Å². The third-order valence-corrected chi connectivity index (χ3v) is 2.03. The molecular formula is C11H12N2O3. The summed E-state index contributed by atoms with van der Waals surface area (Å²) < 4.78 is 0. The van der Waals surface area contributed by atoms with E-state index in [2.05, 4.69) is 10.5 Å². The molecule has 1 N–H and O–H groups in total. The largest absolute Gasteiger partial charge is 0.326 e. The fourth-order valence-corrected chi connectivity index (χ4v) is 1.21. The molecule has 1 aromatic carbocycles. The topological polar surface area (TPSA) is 75.6 Å². The predicted molar refractivity (Wildman–Crippen MR) is 60.3 cm³/mol. The average molecular weight is 220 g/mol. The van der Waals surface area contributed by atoms with Gasteiger partial charge in [-0.3, -0.25) is 9.59 Å². The Morgan fingerprint density at radius 1 is 1.25 bits per heavy atom. The number of carbonyl (C=O) groups is 2. The Kier molecular flexibility index (Phi) is 3.88. The van der Waals surface area contributed by atoms with Crippen molar-refractivity contribution in [3.63, 3.8) is 0 Å². The van der Waals surface area contributed by atoms with Gasteiger partial charge in [0.25, 0.3) is 0 Å². The molecule has 0 saturated carbocycles. The molecule has 0 fully saturated rings. The van der Waals surface area contributed by atoms with Crippen LogP contribution in [0.25, 0.3) is 0 Å². The van der Waals surface area contributed by atoms with E-state index in [9.17, 15) is 14.5 Å². The summed E-state index contributed by atoms with van der Waals surface area (Å²) in [5, 5.41) is 5.25. The van der Waals surface area contributed by atoms with Crippen LogP contribution in [-0.2, 0) is 4.79 Å². The molecule has 0 spiro atoms. The standard InChI is InChI=1S/C11H12N2O3/c1-7(13-16)11(15)9-3-5-10(6-4-9)12-8(2)14/h3-7H,1-2H3,(H,12,14). The van der Waals surface area contributed by atoms with Crippen molar-refractivity contribution >= 4 is 17.4 Å². The zero-order chi connectivity index (χ0) is 12.1. The number of carbonyl (C=O) groups excluding carboxylic acids is 2. The van der Waals surface area contributed by atoms with E-state index >= 15 is 0 Å². The zero-order valence-electron chi connectivity index (χ0n) is 9.06. The Hall–Kier alpha value is -2.04. The lowest BCUT2D eigenvalue weighted by molar-refractivity contribution is -0.114. The Bertz CT molecular complexity index is 412. The molecule has 1 unspecified atom stereocenters. The van der Waals surface area contributed by atoms with Crippen molar-refractivity contribution < 1.29 is 9.59 Å². The van der Waals surface area contributed by atoms with Crippen LogP contribution in [0.5, 0.6) is 0 Å². The SMILES string of the molecule is CC(=O)Nc1ccc(C(=O)C(C)N=O)cc1. The molecule has 0 heterocycles. The maximum absolute atomic E-state index is 11.5. The fourth-order valence-electron chi connectivity index (χ4n) is 1.21. The number of rotatable bonds is 4. The molecule has 0 aromatic heterocycles. The second kappa shape index (κ2) is 5.16. The van der Waals surface area contributed by atoms with Crippen LogP contribution in [0.4, 0.5) is 5.69 Å². The highest BCUT2D eigenvalue weighted by Gasteiger charge is 2.14. The van der Waals surface area contributed by atoms with Gasteiger partial charge in [-0.2, -0.15) is 4.91 Å². The zero-order valence-corrected chi connectivity index (χ0v) is 9.06. The number of nitrogens with zero attached hydrogens (tertiary/aromatic N) is 1. The van der Waals surface area contributed by atoms with Gasteiger partial charge in [0.1, 0.15) is 0 Å². The molecule has 1 amide bonds. The van der Waals surface area contributed by atoms with Crippen LogP contribution < -0.4 is 5.32 Å². The summed E-state index contributed by atoms with van der Waals surface area (Å²) in [6, 6.07) is 5.43. The van der Waals surface area contributed by atoms with Crippen LogP contribution in [0.3, 0.4) is 0 Å². The van der Waals surface area contributed by atoms with Gasteiger partial charge in [-0.25, -0.2) is 0 Å². The first-order chi connectivity index (χ1) is 7.54. The maximum Gasteiger partial charge on any atom is 0.221 e. The number of anilines is 1. The molecule has 1 aromatic rings. The Morgan fingerprint density at radius 2 is 1.81 bits per heavy atom. The number of nitroso groups, excluding NO2 is 1. The van der Waals surface area contributed by atoms with Crippen LogP contribution in [-0.4, -0.2) is 17.7 Å². The Balaban J connectivity index is 2.82. The number of amides is 1. The van der Waals surface area contributed by atoms with Gasteiger partial charge < -0.3 is 5.32 Å². The second-order valence-electron chi connectivity index (χ2n) is 3.40. The monoisotopic (exact) mass is 220 g/mol. The van der Waals surface area contributed by atoms with E-state index in [4.69, 9.17) is 0 Å². The molecule has 0 aliphatic rings. The van der Waals surface area contributed by atoms with E-state index < -0.39 is 6.04 Å². The molecule has 5 nitrogen and oxygen atoms in total. The van der Waals surface area contributed by atoms with Crippen LogP contribution in [0, 0.1) is 4.91 Å². The molecule has 0 aliphatic carbocycles. The summed E-state index contributed by atoms with van der Waals surface area (Å²) in [4.78, 5) is 32.5. The van der Waals surface area contributed by atoms with Gasteiger partial charge in [0.05, 0.1) is 0 Å². The highest BCUT2D eigenvalue weighted by molar-refractivity contribution is 6.00. The third-order valence-electron chi connectivity index (χ3n) is 2.03. The van der Waals surface area contributed by atoms with Crippen molar-refractivity contribution in [3.8, 4) is 0 Å². The first-order valence-corrected chi connectivity index (χ1v) is 4.79. The van der Waals surface area contributed by atoms with Crippen molar-refractivity contribution in [3.05, 3.63) is 34.7 Å². The van der Waals surface area contributed by atoms with E-state index in [1.807, 2.05) is 0 Å². The van der Waals surface area contributed by atoms with E-state index in [0.717, 1.165) is 0 Å². The lowest BCUT2D eigenvalue weighted by Crippen LogP contribution is -2.14. The quantitative estimate of drug-likeness (QED) is 0.622. The lowest BCUT2D eigenvalue weighted by atomic mass is 10.1. The molecule has 1 rings (SSSR count). The summed E-state index contributed by atoms with van der Waals surface area (Å²) in [6.07, 6.45) is 0. The molecule has 0 radical (unpaired) electrons. The maximum atomic E-state index is 11.5. The van der Waals surface area contributed by atoms with E-state index in [-0.39, 0.29) is 11.7 Å². The van der Waals surface area contributed by atoms with Crippen molar-refractivity contribution in [1.82, 2.24) is 0 Å². The number of hydrogen-bond donors (Lipinski definition) is 1. The fraction of sp³-hybridized carbons (Fsp3) is 0.273.